The molecule has 0 radical (unpaired) electrons. The van der Waals surface area contributed by atoms with E-state index in [0.29, 0.717) is 0 Å². The second-order valence-electron chi connectivity index (χ2n) is 5.78. The Bertz CT molecular complexity index is 693. The van der Waals surface area contributed by atoms with Gasteiger partial charge in [-0.3, -0.25) is 5.01 Å². The molecule has 0 bridgehead atoms. The van der Waals surface area contributed by atoms with Gasteiger partial charge in [-0.1, -0.05) is 48.0 Å². The summed E-state index contributed by atoms with van der Waals surface area (Å²) in [6.45, 7) is 1.01. The molecule has 2 aromatic carbocycles. The lowest BCUT2D eigenvalue weighted by atomic mass is 9.74. The van der Waals surface area contributed by atoms with E-state index in [9.17, 15) is 0 Å². The van der Waals surface area contributed by atoms with Crippen molar-refractivity contribution in [2.75, 3.05) is 6.54 Å². The zero-order valence-corrected chi connectivity index (χ0v) is 12.6. The third-order valence-corrected chi connectivity index (χ3v) is 4.92. The van der Waals surface area contributed by atoms with Crippen molar-refractivity contribution < 1.29 is 0 Å². The third kappa shape index (κ3) is 1.90. The standard InChI is InChI=1S/C18H17ClN2/c19-16-9-7-15(8-10-16)18-11-3-4-12-21(18)20-13-14-5-1-2-6-17(14)18/h1-2,5-10,13H,3-4,11-12H2. The Morgan fingerprint density at radius 3 is 2.67 bits per heavy atom. The molecule has 0 saturated carbocycles. The zero-order chi connectivity index (χ0) is 14.3. The summed E-state index contributed by atoms with van der Waals surface area (Å²) in [5.41, 5.74) is 3.75. The Hall–Kier alpha value is -1.80. The first-order chi connectivity index (χ1) is 10.3. The minimum atomic E-state index is -0.131. The average molecular weight is 297 g/mol. The molecule has 0 spiro atoms. The van der Waals surface area contributed by atoms with Crippen LogP contribution < -0.4 is 0 Å². The van der Waals surface area contributed by atoms with Crippen molar-refractivity contribution in [1.29, 1.82) is 0 Å². The molecule has 1 atom stereocenters. The number of nitrogens with zero attached hydrogens (tertiary/aromatic N) is 2. The van der Waals surface area contributed by atoms with Gasteiger partial charge in [0.25, 0.3) is 0 Å². The van der Waals surface area contributed by atoms with E-state index in [0.717, 1.165) is 18.0 Å². The molecule has 0 N–H and O–H groups in total. The fourth-order valence-electron chi connectivity index (χ4n) is 3.68. The van der Waals surface area contributed by atoms with E-state index in [4.69, 9.17) is 16.7 Å². The van der Waals surface area contributed by atoms with Crippen LogP contribution in [0.25, 0.3) is 0 Å². The molecule has 1 saturated heterocycles. The summed E-state index contributed by atoms with van der Waals surface area (Å²) < 4.78 is 0. The van der Waals surface area contributed by atoms with E-state index in [1.54, 1.807) is 0 Å². The van der Waals surface area contributed by atoms with Crippen molar-refractivity contribution >= 4 is 17.8 Å². The van der Waals surface area contributed by atoms with Gasteiger partial charge in [0.2, 0.25) is 0 Å². The summed E-state index contributed by atoms with van der Waals surface area (Å²) in [7, 11) is 0. The Kier molecular flexibility index (Phi) is 3.00. The molecule has 0 aliphatic carbocycles. The van der Waals surface area contributed by atoms with Gasteiger partial charge in [-0.25, -0.2) is 0 Å². The fourth-order valence-corrected chi connectivity index (χ4v) is 3.81. The number of hydrazone groups is 1. The van der Waals surface area contributed by atoms with E-state index in [1.807, 2.05) is 18.3 Å². The number of halogens is 1. The Labute approximate surface area is 130 Å². The van der Waals surface area contributed by atoms with Gasteiger partial charge in [-0.05, 0) is 42.5 Å². The molecule has 1 fully saturated rings. The van der Waals surface area contributed by atoms with Crippen LogP contribution in [0.4, 0.5) is 0 Å². The Morgan fingerprint density at radius 1 is 1.00 bits per heavy atom. The molecule has 0 aromatic heterocycles. The molecule has 106 valence electrons. The zero-order valence-electron chi connectivity index (χ0n) is 11.8. The van der Waals surface area contributed by atoms with Gasteiger partial charge in [-0.2, -0.15) is 5.10 Å². The first kappa shape index (κ1) is 12.9. The average Bonchev–Trinajstić information content (AvgIpc) is 2.55. The highest BCUT2D eigenvalue weighted by atomic mass is 35.5. The van der Waals surface area contributed by atoms with Crippen molar-refractivity contribution in [3.05, 3.63) is 70.2 Å². The van der Waals surface area contributed by atoms with Gasteiger partial charge in [0.1, 0.15) is 5.54 Å². The Balaban J connectivity index is 1.96. The lowest BCUT2D eigenvalue weighted by Crippen LogP contribution is -2.49. The maximum absolute atomic E-state index is 6.08. The van der Waals surface area contributed by atoms with Crippen molar-refractivity contribution in [1.82, 2.24) is 5.01 Å². The molecule has 2 aliphatic heterocycles. The van der Waals surface area contributed by atoms with E-state index >= 15 is 0 Å². The molecule has 21 heavy (non-hydrogen) atoms. The van der Waals surface area contributed by atoms with Crippen LogP contribution in [-0.4, -0.2) is 17.8 Å². The third-order valence-electron chi connectivity index (χ3n) is 4.66. The van der Waals surface area contributed by atoms with Crippen molar-refractivity contribution in [3.63, 3.8) is 0 Å². The monoisotopic (exact) mass is 296 g/mol. The smallest absolute Gasteiger partial charge is 0.108 e. The predicted octanol–water partition coefficient (Wildman–Crippen LogP) is 4.42. The summed E-state index contributed by atoms with van der Waals surface area (Å²) in [5, 5.41) is 7.79. The molecule has 4 rings (SSSR count). The topological polar surface area (TPSA) is 15.6 Å². The number of benzene rings is 2. The van der Waals surface area contributed by atoms with Gasteiger partial charge in [0.15, 0.2) is 0 Å². The molecular weight excluding hydrogens is 280 g/mol. The second kappa shape index (κ2) is 4.88. The van der Waals surface area contributed by atoms with E-state index in [2.05, 4.69) is 41.4 Å². The van der Waals surface area contributed by atoms with E-state index in [-0.39, 0.29) is 5.54 Å². The van der Waals surface area contributed by atoms with Gasteiger partial charge in [-0.15, -0.1) is 0 Å². The molecule has 2 aromatic rings. The van der Waals surface area contributed by atoms with E-state index < -0.39 is 0 Å². The van der Waals surface area contributed by atoms with Crippen LogP contribution in [0.5, 0.6) is 0 Å². The summed E-state index contributed by atoms with van der Waals surface area (Å²) >= 11 is 6.08. The van der Waals surface area contributed by atoms with Crippen LogP contribution in [0.2, 0.25) is 5.02 Å². The first-order valence-electron chi connectivity index (χ1n) is 7.48. The lowest BCUT2D eigenvalue weighted by molar-refractivity contribution is 0.0787. The van der Waals surface area contributed by atoms with Crippen molar-refractivity contribution in [3.8, 4) is 0 Å². The van der Waals surface area contributed by atoms with Gasteiger partial charge in [0.05, 0.1) is 6.21 Å². The van der Waals surface area contributed by atoms with Crippen molar-refractivity contribution in [2.24, 2.45) is 5.10 Å². The SMILES string of the molecule is Clc1ccc(C23CCCCN2N=Cc2ccccc23)cc1. The number of hydrogen-bond acceptors (Lipinski definition) is 2. The quantitative estimate of drug-likeness (QED) is 0.761. The van der Waals surface area contributed by atoms with Crippen LogP contribution in [0.3, 0.4) is 0 Å². The number of hydrogen-bond donors (Lipinski definition) is 0. The van der Waals surface area contributed by atoms with Gasteiger partial charge >= 0.3 is 0 Å². The summed E-state index contributed by atoms with van der Waals surface area (Å²) in [6.07, 6.45) is 5.52. The molecule has 3 heteroatoms. The minimum Gasteiger partial charge on any atom is -0.282 e. The molecule has 0 amide bonds. The van der Waals surface area contributed by atoms with E-state index in [1.165, 1.54) is 29.5 Å². The fraction of sp³-hybridized carbons (Fsp3) is 0.278. The first-order valence-corrected chi connectivity index (χ1v) is 7.86. The summed E-state index contributed by atoms with van der Waals surface area (Å²) in [6, 6.07) is 16.9. The summed E-state index contributed by atoms with van der Waals surface area (Å²) in [5.74, 6) is 0. The molecule has 1 unspecified atom stereocenters. The van der Waals surface area contributed by atoms with Crippen molar-refractivity contribution in [2.45, 2.75) is 24.8 Å². The van der Waals surface area contributed by atoms with Crippen LogP contribution >= 0.6 is 11.6 Å². The van der Waals surface area contributed by atoms with Crippen LogP contribution in [0.1, 0.15) is 36.0 Å². The second-order valence-corrected chi connectivity index (χ2v) is 6.22. The highest BCUT2D eigenvalue weighted by Crippen LogP contribution is 2.46. The molecular formula is C18H17ClN2. The molecule has 2 nitrogen and oxygen atoms in total. The maximum Gasteiger partial charge on any atom is 0.108 e. The number of piperidine rings is 1. The van der Waals surface area contributed by atoms with Crippen LogP contribution in [-0.2, 0) is 5.54 Å². The Morgan fingerprint density at radius 2 is 1.81 bits per heavy atom. The van der Waals surface area contributed by atoms with Crippen LogP contribution in [0.15, 0.2) is 53.6 Å². The molecule has 2 aliphatic rings. The number of rotatable bonds is 1. The predicted molar refractivity (Wildman–Crippen MR) is 86.8 cm³/mol. The van der Waals surface area contributed by atoms with Crippen LogP contribution in [0, 0.1) is 0 Å². The normalized spacial score (nSPS) is 23.6. The highest BCUT2D eigenvalue weighted by molar-refractivity contribution is 6.30. The lowest BCUT2D eigenvalue weighted by Gasteiger charge is -2.48. The highest BCUT2D eigenvalue weighted by Gasteiger charge is 2.44. The molecule has 2 heterocycles. The van der Waals surface area contributed by atoms with Gasteiger partial charge < -0.3 is 0 Å². The minimum absolute atomic E-state index is 0.131. The number of fused-ring (bicyclic) bond motifs is 3. The van der Waals surface area contributed by atoms with Gasteiger partial charge in [0, 0.05) is 17.1 Å². The largest absolute Gasteiger partial charge is 0.282 e. The summed E-state index contributed by atoms with van der Waals surface area (Å²) in [4.78, 5) is 0. The maximum atomic E-state index is 6.08.